The zero-order valence-corrected chi connectivity index (χ0v) is 12.3. The number of anilines is 1. The molecule has 9 heteroatoms. The summed E-state index contributed by atoms with van der Waals surface area (Å²) < 4.78 is 65.2. The third kappa shape index (κ3) is 3.20. The van der Waals surface area contributed by atoms with Crippen LogP contribution >= 0.6 is 11.3 Å². The molecular formula is C12H10F3NO3S2. The second-order valence-electron chi connectivity index (χ2n) is 4.15. The standard InChI is InChI=1S/C12H10F3NO3S2/c1-6-11(4-8(5-17)20-6)21(18,19)16-7-2-9(13)12(15)10(14)3-7/h2-4,16-17H,5H2,1H3. The molecule has 0 aliphatic heterocycles. The Morgan fingerprint density at radius 2 is 1.76 bits per heavy atom. The Morgan fingerprint density at radius 3 is 2.24 bits per heavy atom. The molecule has 1 heterocycles. The molecule has 4 nitrogen and oxygen atoms in total. The number of hydrogen-bond acceptors (Lipinski definition) is 4. The van der Waals surface area contributed by atoms with Gasteiger partial charge in [0.2, 0.25) is 0 Å². The first-order valence-electron chi connectivity index (χ1n) is 5.62. The SMILES string of the molecule is Cc1sc(CO)cc1S(=O)(=O)Nc1cc(F)c(F)c(F)c1. The number of thiophene rings is 1. The predicted molar refractivity (Wildman–Crippen MR) is 72.1 cm³/mol. The van der Waals surface area contributed by atoms with Crippen molar-refractivity contribution < 1.29 is 26.7 Å². The van der Waals surface area contributed by atoms with Crippen LogP contribution in [-0.4, -0.2) is 13.5 Å². The van der Waals surface area contributed by atoms with Gasteiger partial charge in [-0.1, -0.05) is 0 Å². The van der Waals surface area contributed by atoms with Gasteiger partial charge in [-0.15, -0.1) is 11.3 Å². The fourth-order valence-electron chi connectivity index (χ4n) is 1.69. The van der Waals surface area contributed by atoms with Crippen LogP contribution in [0.1, 0.15) is 9.75 Å². The van der Waals surface area contributed by atoms with Crippen LogP contribution in [0.25, 0.3) is 0 Å². The molecule has 0 bridgehead atoms. The van der Waals surface area contributed by atoms with Crippen molar-refractivity contribution in [3.05, 3.63) is 45.4 Å². The van der Waals surface area contributed by atoms with Crippen molar-refractivity contribution in [2.45, 2.75) is 18.4 Å². The van der Waals surface area contributed by atoms with E-state index in [2.05, 4.69) is 0 Å². The van der Waals surface area contributed by atoms with Gasteiger partial charge in [0.1, 0.15) is 4.90 Å². The topological polar surface area (TPSA) is 66.4 Å². The fourth-order valence-corrected chi connectivity index (χ4v) is 4.23. The molecule has 0 atom stereocenters. The molecule has 0 saturated carbocycles. The number of aryl methyl sites for hydroxylation is 1. The lowest BCUT2D eigenvalue weighted by molar-refractivity contribution is 0.285. The maximum absolute atomic E-state index is 13.1. The summed E-state index contributed by atoms with van der Waals surface area (Å²) >= 11 is 1.08. The minimum Gasteiger partial charge on any atom is -0.391 e. The number of nitrogens with one attached hydrogen (secondary N) is 1. The van der Waals surface area contributed by atoms with Crippen LogP contribution in [0.5, 0.6) is 0 Å². The molecule has 0 aliphatic carbocycles. The number of aliphatic hydroxyl groups excluding tert-OH is 1. The molecule has 1 aromatic heterocycles. The van der Waals surface area contributed by atoms with Gasteiger partial charge in [-0.05, 0) is 13.0 Å². The maximum Gasteiger partial charge on any atom is 0.263 e. The highest BCUT2D eigenvalue weighted by Gasteiger charge is 2.21. The van der Waals surface area contributed by atoms with Gasteiger partial charge in [-0.3, -0.25) is 4.72 Å². The van der Waals surface area contributed by atoms with E-state index in [1.54, 1.807) is 0 Å². The second-order valence-corrected chi connectivity index (χ2v) is 7.14. The first-order valence-corrected chi connectivity index (χ1v) is 7.92. The van der Waals surface area contributed by atoms with Gasteiger partial charge in [0, 0.05) is 21.9 Å². The molecule has 0 fully saturated rings. The highest BCUT2D eigenvalue weighted by molar-refractivity contribution is 7.93. The van der Waals surface area contributed by atoms with E-state index in [-0.39, 0.29) is 11.5 Å². The van der Waals surface area contributed by atoms with Gasteiger partial charge in [-0.2, -0.15) is 0 Å². The van der Waals surface area contributed by atoms with E-state index < -0.39 is 33.2 Å². The Labute approximate surface area is 122 Å². The average Bonchev–Trinajstić information content (AvgIpc) is 2.77. The molecular weight excluding hydrogens is 327 g/mol. The molecule has 0 unspecified atom stereocenters. The summed E-state index contributed by atoms with van der Waals surface area (Å²) in [6.45, 7) is 1.21. The third-order valence-electron chi connectivity index (χ3n) is 2.60. The van der Waals surface area contributed by atoms with Crippen molar-refractivity contribution >= 4 is 27.0 Å². The highest BCUT2D eigenvalue weighted by Crippen LogP contribution is 2.28. The monoisotopic (exact) mass is 337 g/mol. The van der Waals surface area contributed by atoms with E-state index >= 15 is 0 Å². The minimum atomic E-state index is -4.09. The van der Waals surface area contributed by atoms with E-state index in [0.717, 1.165) is 11.3 Å². The molecule has 0 spiro atoms. The second kappa shape index (κ2) is 5.66. The number of rotatable bonds is 4. The van der Waals surface area contributed by atoms with E-state index in [9.17, 15) is 21.6 Å². The molecule has 0 radical (unpaired) electrons. The lowest BCUT2D eigenvalue weighted by Gasteiger charge is -2.08. The van der Waals surface area contributed by atoms with Gasteiger partial charge in [0.25, 0.3) is 10.0 Å². The fraction of sp³-hybridized carbons (Fsp3) is 0.167. The zero-order chi connectivity index (χ0) is 15.8. The number of hydrogen-bond donors (Lipinski definition) is 2. The summed E-state index contributed by atoms with van der Waals surface area (Å²) in [7, 11) is -4.09. The quantitative estimate of drug-likeness (QED) is 0.843. The van der Waals surface area contributed by atoms with E-state index in [1.807, 2.05) is 4.72 Å². The Bertz CT molecular complexity index is 764. The summed E-state index contributed by atoms with van der Waals surface area (Å²) in [6.07, 6.45) is 0. The first-order chi connectivity index (χ1) is 9.74. The number of benzene rings is 1. The van der Waals surface area contributed by atoms with Crippen LogP contribution in [0.15, 0.2) is 23.1 Å². The Kier molecular flexibility index (Phi) is 4.26. The van der Waals surface area contributed by atoms with Crippen molar-refractivity contribution in [2.75, 3.05) is 4.72 Å². The zero-order valence-electron chi connectivity index (χ0n) is 10.7. The summed E-state index contributed by atoms with van der Waals surface area (Å²) in [5.41, 5.74) is -0.428. The van der Waals surface area contributed by atoms with Crippen LogP contribution in [-0.2, 0) is 16.6 Å². The molecule has 0 amide bonds. The van der Waals surface area contributed by atoms with Gasteiger partial charge in [0.15, 0.2) is 17.5 Å². The number of halogens is 3. The van der Waals surface area contributed by atoms with E-state index in [4.69, 9.17) is 5.11 Å². The van der Waals surface area contributed by atoms with Crippen LogP contribution < -0.4 is 4.72 Å². The van der Waals surface area contributed by atoms with Crippen LogP contribution in [0.2, 0.25) is 0 Å². The smallest absolute Gasteiger partial charge is 0.263 e. The molecule has 2 rings (SSSR count). The Hall–Kier alpha value is -1.58. The van der Waals surface area contributed by atoms with Gasteiger partial charge >= 0.3 is 0 Å². The lowest BCUT2D eigenvalue weighted by Crippen LogP contribution is -2.13. The summed E-state index contributed by atoms with van der Waals surface area (Å²) in [4.78, 5) is 0.737. The van der Waals surface area contributed by atoms with E-state index in [1.165, 1.54) is 13.0 Å². The van der Waals surface area contributed by atoms with Gasteiger partial charge in [0.05, 0.1) is 12.3 Å². The van der Waals surface area contributed by atoms with Crippen LogP contribution in [0.3, 0.4) is 0 Å². The van der Waals surface area contributed by atoms with E-state index in [0.29, 0.717) is 21.9 Å². The molecule has 21 heavy (non-hydrogen) atoms. The van der Waals surface area contributed by atoms with Crippen molar-refractivity contribution in [1.29, 1.82) is 0 Å². The van der Waals surface area contributed by atoms with Crippen LogP contribution in [0.4, 0.5) is 18.9 Å². The highest BCUT2D eigenvalue weighted by atomic mass is 32.2. The van der Waals surface area contributed by atoms with Gasteiger partial charge in [-0.25, -0.2) is 21.6 Å². The maximum atomic E-state index is 13.1. The minimum absolute atomic E-state index is 0.110. The third-order valence-corrected chi connectivity index (χ3v) is 5.28. The largest absolute Gasteiger partial charge is 0.391 e. The Morgan fingerprint density at radius 1 is 1.19 bits per heavy atom. The normalized spacial score (nSPS) is 11.7. The molecule has 0 saturated heterocycles. The van der Waals surface area contributed by atoms with Gasteiger partial charge < -0.3 is 5.11 Å². The Balaban J connectivity index is 2.39. The molecule has 114 valence electrons. The predicted octanol–water partition coefficient (Wildman–Crippen LogP) is 2.77. The van der Waals surface area contributed by atoms with Crippen molar-refractivity contribution in [3.63, 3.8) is 0 Å². The van der Waals surface area contributed by atoms with Crippen LogP contribution in [0, 0.1) is 24.4 Å². The summed E-state index contributed by atoms with van der Waals surface area (Å²) in [5.74, 6) is -4.66. The molecule has 2 N–H and O–H groups in total. The molecule has 2 aromatic rings. The first kappa shape index (κ1) is 15.8. The summed E-state index contributed by atoms with van der Waals surface area (Å²) in [5, 5.41) is 8.99. The average molecular weight is 337 g/mol. The molecule has 1 aromatic carbocycles. The van der Waals surface area contributed by atoms with Crippen molar-refractivity contribution in [1.82, 2.24) is 0 Å². The van der Waals surface area contributed by atoms with Crippen molar-refractivity contribution in [2.24, 2.45) is 0 Å². The summed E-state index contributed by atoms with van der Waals surface area (Å²) in [6, 6.07) is 2.35. The lowest BCUT2D eigenvalue weighted by atomic mass is 10.3. The number of aliphatic hydroxyl groups is 1. The molecule has 0 aliphatic rings. The van der Waals surface area contributed by atoms with Crippen molar-refractivity contribution in [3.8, 4) is 0 Å². The number of sulfonamides is 1.